The van der Waals surface area contributed by atoms with Crippen LogP contribution < -0.4 is 11.5 Å². The first kappa shape index (κ1) is 18.9. The first-order valence-corrected chi connectivity index (χ1v) is 8.11. The Morgan fingerprint density at radius 1 is 0.875 bits per heavy atom. The highest BCUT2D eigenvalue weighted by atomic mass is 32.2. The molecule has 0 rings (SSSR count). The van der Waals surface area contributed by atoms with Crippen LogP contribution in [0.4, 0.5) is 0 Å². The van der Waals surface area contributed by atoms with Crippen LogP contribution in [-0.4, -0.2) is 59.5 Å². The number of aliphatic hydroxyl groups is 2. The van der Waals surface area contributed by atoms with E-state index >= 15 is 0 Å². The molecular weight excluding hydrogens is 244 g/mol. The Morgan fingerprint density at radius 3 is 1.38 bits per heavy atom. The number of hydrogen-bond donors (Lipinski definition) is 4. The summed E-state index contributed by atoms with van der Waals surface area (Å²) in [7, 11) is 0. The van der Waals surface area contributed by atoms with Crippen molar-refractivity contribution >= 4 is 23.5 Å². The van der Waals surface area contributed by atoms with Gasteiger partial charge in [0.15, 0.2) is 0 Å². The van der Waals surface area contributed by atoms with E-state index in [1.165, 1.54) is 0 Å². The number of rotatable bonds is 8. The van der Waals surface area contributed by atoms with E-state index in [0.29, 0.717) is 0 Å². The van der Waals surface area contributed by atoms with Crippen molar-refractivity contribution in [2.75, 3.05) is 37.2 Å². The molecule has 0 aliphatic carbocycles. The topological polar surface area (TPSA) is 92.5 Å². The highest BCUT2D eigenvalue weighted by Gasteiger charge is 1.97. The van der Waals surface area contributed by atoms with Gasteiger partial charge in [0.25, 0.3) is 0 Å². The highest BCUT2D eigenvalue weighted by molar-refractivity contribution is 7.98. The van der Waals surface area contributed by atoms with E-state index in [9.17, 15) is 0 Å². The van der Waals surface area contributed by atoms with Crippen molar-refractivity contribution < 1.29 is 10.2 Å². The lowest BCUT2D eigenvalue weighted by molar-refractivity contribution is 0.263. The van der Waals surface area contributed by atoms with Crippen molar-refractivity contribution in [1.82, 2.24) is 0 Å². The first-order chi connectivity index (χ1) is 7.62. The van der Waals surface area contributed by atoms with Crippen LogP contribution in [0.5, 0.6) is 0 Å². The fourth-order valence-electron chi connectivity index (χ4n) is 0.721. The molecule has 0 heterocycles. The molecule has 6 N–H and O–H groups in total. The molecular formula is C10H26N2O2S2. The van der Waals surface area contributed by atoms with Crippen LogP contribution in [0.3, 0.4) is 0 Å². The minimum atomic E-state index is -0.0116. The molecule has 0 aromatic heterocycles. The standard InChI is InChI=1S/2C5H13NOS/c2*1-8-3-2-5(6)4-7/h2*5,7H,2-4,6H2,1H3/t2*5-/m00/s1. The van der Waals surface area contributed by atoms with Gasteiger partial charge in [0.05, 0.1) is 13.2 Å². The molecule has 0 radical (unpaired) electrons. The van der Waals surface area contributed by atoms with Gasteiger partial charge in [-0.05, 0) is 36.9 Å². The Hall–Kier alpha value is 0.540. The summed E-state index contributed by atoms with van der Waals surface area (Å²) < 4.78 is 0. The summed E-state index contributed by atoms with van der Waals surface area (Å²) in [4.78, 5) is 0. The van der Waals surface area contributed by atoms with Crippen LogP contribution in [0.1, 0.15) is 12.8 Å². The zero-order valence-corrected chi connectivity index (χ0v) is 11.9. The summed E-state index contributed by atoms with van der Waals surface area (Å²) in [5, 5.41) is 16.9. The zero-order valence-electron chi connectivity index (χ0n) is 10.3. The summed E-state index contributed by atoms with van der Waals surface area (Å²) in [6.45, 7) is 0.223. The third kappa shape index (κ3) is 17.0. The SMILES string of the molecule is CSCC[C@H](N)CO.CSCC[C@H](N)CO. The van der Waals surface area contributed by atoms with Gasteiger partial charge in [0.2, 0.25) is 0 Å². The summed E-state index contributed by atoms with van der Waals surface area (Å²) in [5.41, 5.74) is 10.8. The largest absolute Gasteiger partial charge is 0.395 e. The third-order valence-electron chi connectivity index (χ3n) is 1.85. The fraction of sp³-hybridized carbons (Fsp3) is 1.00. The Kier molecular flexibility index (Phi) is 18.4. The molecule has 0 aromatic rings. The Balaban J connectivity index is 0. The van der Waals surface area contributed by atoms with Gasteiger partial charge in [-0.1, -0.05) is 0 Å². The Bertz CT molecular complexity index is 117. The third-order valence-corrected chi connectivity index (χ3v) is 3.14. The lowest BCUT2D eigenvalue weighted by Crippen LogP contribution is -2.24. The van der Waals surface area contributed by atoms with Crippen LogP contribution in [0, 0.1) is 0 Å². The molecule has 0 spiro atoms. The molecule has 0 unspecified atom stereocenters. The second kappa shape index (κ2) is 15.5. The van der Waals surface area contributed by atoms with Crippen LogP contribution >= 0.6 is 23.5 Å². The fourth-order valence-corrected chi connectivity index (χ4v) is 1.80. The van der Waals surface area contributed by atoms with Crippen molar-refractivity contribution in [2.45, 2.75) is 24.9 Å². The molecule has 0 saturated heterocycles. The monoisotopic (exact) mass is 270 g/mol. The number of hydrogen-bond acceptors (Lipinski definition) is 6. The second-order valence-electron chi connectivity index (χ2n) is 3.45. The van der Waals surface area contributed by atoms with E-state index < -0.39 is 0 Å². The number of thioether (sulfide) groups is 2. The normalized spacial score (nSPS) is 13.9. The lowest BCUT2D eigenvalue weighted by atomic mass is 10.3. The van der Waals surface area contributed by atoms with Crippen molar-refractivity contribution in [3.05, 3.63) is 0 Å². The van der Waals surface area contributed by atoms with E-state index in [0.717, 1.165) is 24.3 Å². The van der Waals surface area contributed by atoms with Gasteiger partial charge in [-0.3, -0.25) is 0 Å². The summed E-state index contributed by atoms with van der Waals surface area (Å²) in [6.07, 6.45) is 5.89. The minimum absolute atomic E-state index is 0.0116. The van der Waals surface area contributed by atoms with Gasteiger partial charge in [-0.2, -0.15) is 23.5 Å². The predicted octanol–water partition coefficient (Wildman–Crippen LogP) is 0.118. The van der Waals surface area contributed by atoms with Crippen molar-refractivity contribution in [1.29, 1.82) is 0 Å². The molecule has 100 valence electrons. The summed E-state index contributed by atoms with van der Waals surface area (Å²) in [6, 6.07) is -0.0232. The van der Waals surface area contributed by atoms with Gasteiger partial charge in [-0.15, -0.1) is 0 Å². The molecule has 6 heteroatoms. The Labute approximate surface area is 108 Å². The Morgan fingerprint density at radius 2 is 1.19 bits per heavy atom. The van der Waals surface area contributed by atoms with Crippen molar-refractivity contribution in [3.8, 4) is 0 Å². The van der Waals surface area contributed by atoms with Gasteiger partial charge >= 0.3 is 0 Å². The highest BCUT2D eigenvalue weighted by Crippen LogP contribution is 1.97. The van der Waals surface area contributed by atoms with Crippen LogP contribution in [-0.2, 0) is 0 Å². The maximum Gasteiger partial charge on any atom is 0.0582 e. The zero-order chi connectivity index (χ0) is 12.8. The summed E-state index contributed by atoms with van der Waals surface area (Å²) in [5.74, 6) is 2.09. The van der Waals surface area contributed by atoms with Crippen molar-refractivity contribution in [2.24, 2.45) is 11.5 Å². The van der Waals surface area contributed by atoms with Crippen LogP contribution in [0.15, 0.2) is 0 Å². The summed E-state index contributed by atoms with van der Waals surface area (Å²) >= 11 is 3.51. The molecule has 16 heavy (non-hydrogen) atoms. The quantitative estimate of drug-likeness (QED) is 0.501. The predicted molar refractivity (Wildman–Crippen MR) is 76.1 cm³/mol. The number of nitrogens with two attached hydrogens (primary N) is 2. The van der Waals surface area contributed by atoms with Gasteiger partial charge in [0, 0.05) is 12.1 Å². The average Bonchev–Trinajstić information content (AvgIpc) is 2.33. The van der Waals surface area contributed by atoms with Gasteiger partial charge in [0.1, 0.15) is 0 Å². The maximum absolute atomic E-state index is 8.43. The number of aliphatic hydroxyl groups excluding tert-OH is 2. The second-order valence-corrected chi connectivity index (χ2v) is 5.42. The molecule has 4 nitrogen and oxygen atoms in total. The smallest absolute Gasteiger partial charge is 0.0582 e. The van der Waals surface area contributed by atoms with Crippen LogP contribution in [0.2, 0.25) is 0 Å². The molecule has 0 aromatic carbocycles. The van der Waals surface area contributed by atoms with Crippen LogP contribution in [0.25, 0.3) is 0 Å². The molecule has 2 atom stereocenters. The van der Waals surface area contributed by atoms with E-state index in [1.807, 2.05) is 12.5 Å². The molecule has 0 aliphatic rings. The molecule has 0 amide bonds. The van der Waals surface area contributed by atoms with E-state index in [4.69, 9.17) is 21.7 Å². The van der Waals surface area contributed by atoms with E-state index in [2.05, 4.69) is 0 Å². The van der Waals surface area contributed by atoms with Crippen molar-refractivity contribution in [3.63, 3.8) is 0 Å². The van der Waals surface area contributed by atoms with Gasteiger partial charge in [-0.25, -0.2) is 0 Å². The lowest BCUT2D eigenvalue weighted by Gasteiger charge is -2.03. The average molecular weight is 270 g/mol. The maximum atomic E-state index is 8.43. The van der Waals surface area contributed by atoms with Gasteiger partial charge < -0.3 is 21.7 Å². The molecule has 0 aliphatic heterocycles. The van der Waals surface area contributed by atoms with E-state index in [-0.39, 0.29) is 25.3 Å². The minimum Gasteiger partial charge on any atom is -0.395 e. The molecule has 0 bridgehead atoms. The van der Waals surface area contributed by atoms with E-state index in [1.54, 1.807) is 23.5 Å². The molecule has 0 fully saturated rings. The first-order valence-electron chi connectivity index (χ1n) is 5.33. The molecule has 0 saturated carbocycles.